The predicted molar refractivity (Wildman–Crippen MR) is 101 cm³/mol. The van der Waals surface area contributed by atoms with Gasteiger partial charge in [-0.05, 0) is 57.0 Å². The quantitative estimate of drug-likeness (QED) is 0.636. The van der Waals surface area contributed by atoms with E-state index in [-0.39, 0.29) is 29.9 Å². The second-order valence-electron chi connectivity index (χ2n) is 6.89. The van der Waals surface area contributed by atoms with Crippen LogP contribution in [0.2, 0.25) is 0 Å². The summed E-state index contributed by atoms with van der Waals surface area (Å²) in [6, 6.07) is 8.90. The number of aromatic nitrogens is 1. The summed E-state index contributed by atoms with van der Waals surface area (Å²) >= 11 is 0. The van der Waals surface area contributed by atoms with Gasteiger partial charge >= 0.3 is 6.09 Å². The van der Waals surface area contributed by atoms with Gasteiger partial charge in [-0.3, -0.25) is 9.69 Å². The van der Waals surface area contributed by atoms with Gasteiger partial charge in [0.1, 0.15) is 11.5 Å². The number of ketones is 1. The van der Waals surface area contributed by atoms with Crippen LogP contribution in [0.25, 0.3) is 0 Å². The summed E-state index contributed by atoms with van der Waals surface area (Å²) in [4.78, 5) is 29.5. The number of anilines is 1. The van der Waals surface area contributed by atoms with Gasteiger partial charge in [0.25, 0.3) is 0 Å². The number of amides is 1. The van der Waals surface area contributed by atoms with E-state index in [4.69, 9.17) is 0 Å². The van der Waals surface area contributed by atoms with Crippen molar-refractivity contribution in [3.05, 3.63) is 59.7 Å². The third kappa shape index (κ3) is 5.38. The number of halogens is 1. The fourth-order valence-corrected chi connectivity index (χ4v) is 2.58. The van der Waals surface area contributed by atoms with E-state index in [1.54, 1.807) is 39.1 Å². The zero-order valence-electron chi connectivity index (χ0n) is 15.5. The molecule has 0 unspecified atom stereocenters. The maximum absolute atomic E-state index is 13.7. The molecule has 1 amide bonds. The number of benzene rings is 1. The van der Waals surface area contributed by atoms with Gasteiger partial charge in [0.05, 0.1) is 5.69 Å². The van der Waals surface area contributed by atoms with Crippen molar-refractivity contribution in [3.8, 4) is 11.8 Å². The van der Waals surface area contributed by atoms with Crippen LogP contribution in [0.1, 0.15) is 49.7 Å². The number of rotatable bonds is 4. The molecule has 1 aromatic heterocycles. The van der Waals surface area contributed by atoms with Gasteiger partial charge in [0.2, 0.25) is 0 Å². The summed E-state index contributed by atoms with van der Waals surface area (Å²) in [5.74, 6) is 4.75. The van der Waals surface area contributed by atoms with Crippen molar-refractivity contribution in [2.24, 2.45) is 0 Å². The summed E-state index contributed by atoms with van der Waals surface area (Å²) in [7, 11) is 0. The molecule has 2 aromatic rings. The number of hydrogen-bond acceptors (Lipinski definition) is 3. The molecule has 6 heteroatoms. The average Bonchev–Trinajstić information content (AvgIpc) is 2.59. The Morgan fingerprint density at radius 1 is 1.22 bits per heavy atom. The first-order chi connectivity index (χ1) is 12.7. The minimum atomic E-state index is -1.21. The second kappa shape index (κ2) is 8.45. The lowest BCUT2D eigenvalue weighted by molar-refractivity contribution is 0.0984. The molecule has 0 bridgehead atoms. The van der Waals surface area contributed by atoms with Gasteiger partial charge in [-0.1, -0.05) is 12.0 Å². The zero-order valence-corrected chi connectivity index (χ0v) is 15.5. The van der Waals surface area contributed by atoms with Crippen LogP contribution >= 0.6 is 0 Å². The Bertz CT molecular complexity index is 893. The maximum atomic E-state index is 13.7. The predicted octanol–water partition coefficient (Wildman–Crippen LogP) is 4.52. The van der Waals surface area contributed by atoms with Gasteiger partial charge in [-0.25, -0.2) is 14.2 Å². The number of carbonyl (C=O) groups excluding carboxylic acids is 1. The Morgan fingerprint density at radius 2 is 1.96 bits per heavy atom. The van der Waals surface area contributed by atoms with Crippen LogP contribution in [0.5, 0.6) is 0 Å². The highest BCUT2D eigenvalue weighted by Gasteiger charge is 2.31. The summed E-state index contributed by atoms with van der Waals surface area (Å²) in [6.45, 7) is 5.12. The van der Waals surface area contributed by atoms with Crippen LogP contribution in [0.3, 0.4) is 0 Å². The molecule has 0 aliphatic rings. The van der Waals surface area contributed by atoms with E-state index in [0.29, 0.717) is 5.69 Å². The van der Waals surface area contributed by atoms with Crippen molar-refractivity contribution in [1.29, 1.82) is 0 Å². The Kier molecular flexibility index (Phi) is 6.30. The highest BCUT2D eigenvalue weighted by Crippen LogP contribution is 2.29. The number of hydrogen-bond donors (Lipinski definition) is 1. The summed E-state index contributed by atoms with van der Waals surface area (Å²) in [5.41, 5.74) is 0.00419. The third-order valence-electron chi connectivity index (χ3n) is 3.72. The topological polar surface area (TPSA) is 70.5 Å². The van der Waals surface area contributed by atoms with E-state index in [2.05, 4.69) is 16.8 Å². The zero-order chi connectivity index (χ0) is 20.0. The summed E-state index contributed by atoms with van der Waals surface area (Å²) < 4.78 is 13.7. The molecule has 27 heavy (non-hydrogen) atoms. The number of carbonyl (C=O) groups is 2. The summed E-state index contributed by atoms with van der Waals surface area (Å²) in [6.07, 6.45) is 0.723. The standard InChI is InChI=1S/C21H21FN2O3/c1-21(2,3)24(20(26)27)18-12-11-15(22)14-17(18)19(25)10-5-4-8-16-9-6-7-13-23-16/h6-7,9,11-14H,5,10H2,1-3H3,(H,26,27). The average molecular weight is 368 g/mol. The van der Waals surface area contributed by atoms with Crippen LogP contribution in [0.4, 0.5) is 14.9 Å². The first-order valence-corrected chi connectivity index (χ1v) is 8.46. The van der Waals surface area contributed by atoms with E-state index in [0.717, 1.165) is 17.0 Å². The molecule has 0 saturated heterocycles. The largest absolute Gasteiger partial charge is 0.465 e. The number of Topliss-reactive ketones (excluding diaryl/α,β-unsaturated/α-hetero) is 1. The highest BCUT2D eigenvalue weighted by atomic mass is 19.1. The van der Waals surface area contributed by atoms with Gasteiger partial charge in [-0.2, -0.15) is 0 Å². The second-order valence-corrected chi connectivity index (χ2v) is 6.89. The van der Waals surface area contributed by atoms with Crippen molar-refractivity contribution in [3.63, 3.8) is 0 Å². The van der Waals surface area contributed by atoms with Crippen molar-refractivity contribution >= 4 is 17.6 Å². The van der Waals surface area contributed by atoms with Crippen LogP contribution in [-0.2, 0) is 0 Å². The third-order valence-corrected chi connectivity index (χ3v) is 3.72. The minimum Gasteiger partial charge on any atom is -0.465 e. The van der Waals surface area contributed by atoms with Gasteiger partial charge < -0.3 is 5.11 Å². The Labute approximate surface area is 157 Å². The fourth-order valence-electron chi connectivity index (χ4n) is 2.58. The molecular formula is C21H21FN2O3. The molecule has 1 aromatic carbocycles. The molecule has 5 nitrogen and oxygen atoms in total. The van der Waals surface area contributed by atoms with Gasteiger partial charge in [0.15, 0.2) is 5.78 Å². The fraction of sp³-hybridized carbons (Fsp3) is 0.286. The molecule has 1 N–H and O–H groups in total. The SMILES string of the molecule is CC(C)(C)N(C(=O)O)c1ccc(F)cc1C(=O)CCC#Cc1ccccn1. The molecule has 0 atom stereocenters. The molecule has 0 aliphatic carbocycles. The van der Waals surface area contributed by atoms with Crippen molar-refractivity contribution in [2.75, 3.05) is 4.90 Å². The molecule has 2 rings (SSSR count). The van der Waals surface area contributed by atoms with Crippen molar-refractivity contribution in [2.45, 2.75) is 39.2 Å². The molecule has 0 saturated carbocycles. The van der Waals surface area contributed by atoms with Gasteiger partial charge in [0, 0.05) is 30.1 Å². The Morgan fingerprint density at radius 3 is 2.56 bits per heavy atom. The molecule has 0 spiro atoms. The number of nitrogens with zero attached hydrogens (tertiary/aromatic N) is 2. The lowest BCUT2D eigenvalue weighted by Crippen LogP contribution is -2.45. The van der Waals surface area contributed by atoms with Crippen LogP contribution in [-0.4, -0.2) is 27.5 Å². The van der Waals surface area contributed by atoms with E-state index in [1.165, 1.54) is 6.07 Å². The number of carboxylic acid groups (broad SMARTS) is 1. The Balaban J connectivity index is 2.24. The number of pyridine rings is 1. The molecule has 0 aliphatic heterocycles. The first kappa shape index (κ1) is 20.1. The summed E-state index contributed by atoms with van der Waals surface area (Å²) in [5, 5.41) is 9.57. The first-order valence-electron chi connectivity index (χ1n) is 8.46. The molecule has 140 valence electrons. The van der Waals surface area contributed by atoms with E-state index < -0.39 is 17.4 Å². The van der Waals surface area contributed by atoms with Crippen LogP contribution < -0.4 is 4.90 Å². The Hall–Kier alpha value is -3.20. The smallest absolute Gasteiger partial charge is 0.412 e. The van der Waals surface area contributed by atoms with Crippen molar-refractivity contribution < 1.29 is 19.1 Å². The highest BCUT2D eigenvalue weighted by molar-refractivity contribution is 6.04. The van der Waals surface area contributed by atoms with E-state index in [1.807, 2.05) is 6.07 Å². The van der Waals surface area contributed by atoms with Gasteiger partial charge in [-0.15, -0.1) is 0 Å². The maximum Gasteiger partial charge on any atom is 0.412 e. The minimum absolute atomic E-state index is 0.0342. The van der Waals surface area contributed by atoms with Crippen LogP contribution in [0, 0.1) is 17.7 Å². The lowest BCUT2D eigenvalue weighted by atomic mass is 9.99. The van der Waals surface area contributed by atoms with Crippen LogP contribution in [0.15, 0.2) is 42.6 Å². The molecule has 0 radical (unpaired) electrons. The van der Waals surface area contributed by atoms with E-state index >= 15 is 0 Å². The van der Waals surface area contributed by atoms with Crippen molar-refractivity contribution in [1.82, 2.24) is 4.98 Å². The molecule has 0 fully saturated rings. The molecule has 1 heterocycles. The lowest BCUT2D eigenvalue weighted by Gasteiger charge is -2.34. The monoisotopic (exact) mass is 368 g/mol. The van der Waals surface area contributed by atoms with E-state index in [9.17, 15) is 19.1 Å². The normalized spacial score (nSPS) is 10.7. The molecular weight excluding hydrogens is 347 g/mol.